The van der Waals surface area contributed by atoms with E-state index in [0.29, 0.717) is 46.3 Å². The molecular formula is C28H31N5O5. The first-order valence-electron chi connectivity index (χ1n) is 12.1. The molecule has 0 saturated carbocycles. The molecule has 4 rings (SSSR count). The van der Waals surface area contributed by atoms with Crippen molar-refractivity contribution in [1.82, 2.24) is 15.4 Å². The summed E-state index contributed by atoms with van der Waals surface area (Å²) < 4.78 is 16.6. The van der Waals surface area contributed by atoms with Crippen molar-refractivity contribution in [1.29, 1.82) is 0 Å². The van der Waals surface area contributed by atoms with E-state index in [4.69, 9.17) is 19.9 Å². The number of benzene rings is 3. The van der Waals surface area contributed by atoms with Crippen molar-refractivity contribution in [3.8, 4) is 45.5 Å². The largest absolute Gasteiger partial charge is 0.508 e. The SMILES string of the molecule is CCc1cc(-c2n[nH]nc2-c2ccc(OC)c(NC(=O)C(N)Cc3ccc(O)cc3)c2)cc(OC)c1OC. The summed E-state index contributed by atoms with van der Waals surface area (Å²) in [6.45, 7) is 2.04. The molecule has 1 atom stereocenters. The van der Waals surface area contributed by atoms with E-state index in [2.05, 4.69) is 20.7 Å². The van der Waals surface area contributed by atoms with Crippen molar-refractivity contribution in [2.75, 3.05) is 26.6 Å². The van der Waals surface area contributed by atoms with Gasteiger partial charge >= 0.3 is 0 Å². The number of nitrogens with two attached hydrogens (primary N) is 1. The number of nitrogens with one attached hydrogen (secondary N) is 2. The molecule has 0 fully saturated rings. The number of amides is 1. The van der Waals surface area contributed by atoms with Crippen LogP contribution in [0.25, 0.3) is 22.5 Å². The first-order chi connectivity index (χ1) is 18.4. The zero-order chi connectivity index (χ0) is 27.2. The van der Waals surface area contributed by atoms with Crippen molar-refractivity contribution < 1.29 is 24.1 Å². The lowest BCUT2D eigenvalue weighted by atomic mass is 10.00. The Labute approximate surface area is 220 Å². The standard InChI is InChI=1S/C28H31N5O5/c1-5-17-13-19(15-24(37-3)27(17)38-4)26-25(31-33-32-26)18-8-11-23(36-2)22(14-18)30-28(35)21(29)12-16-6-9-20(34)10-7-16/h6-11,13-15,21,34H,5,12,29H2,1-4H3,(H,30,35)(H,31,32,33). The van der Waals surface area contributed by atoms with E-state index in [0.717, 1.165) is 23.1 Å². The van der Waals surface area contributed by atoms with Gasteiger partial charge in [0.25, 0.3) is 0 Å². The molecule has 0 aliphatic rings. The summed E-state index contributed by atoms with van der Waals surface area (Å²) in [6, 6.07) is 15.0. The van der Waals surface area contributed by atoms with Gasteiger partial charge in [0.05, 0.1) is 33.1 Å². The molecule has 10 nitrogen and oxygen atoms in total. The summed E-state index contributed by atoms with van der Waals surface area (Å²) in [5.74, 6) is 1.53. The maximum atomic E-state index is 12.9. The lowest BCUT2D eigenvalue weighted by molar-refractivity contribution is -0.117. The van der Waals surface area contributed by atoms with Crippen LogP contribution in [-0.2, 0) is 17.6 Å². The molecule has 0 saturated heterocycles. The highest BCUT2D eigenvalue weighted by atomic mass is 16.5. The Morgan fingerprint density at radius 3 is 2.26 bits per heavy atom. The highest BCUT2D eigenvalue weighted by molar-refractivity contribution is 5.97. The van der Waals surface area contributed by atoms with Crippen LogP contribution in [0.2, 0.25) is 0 Å². The monoisotopic (exact) mass is 517 g/mol. The number of nitrogens with zero attached hydrogens (tertiary/aromatic N) is 2. The summed E-state index contributed by atoms with van der Waals surface area (Å²) in [5, 5.41) is 23.8. The quantitative estimate of drug-likeness (QED) is 0.248. The summed E-state index contributed by atoms with van der Waals surface area (Å²) >= 11 is 0. The minimum Gasteiger partial charge on any atom is -0.508 e. The van der Waals surface area contributed by atoms with Gasteiger partial charge in [-0.1, -0.05) is 19.1 Å². The van der Waals surface area contributed by atoms with Crippen molar-refractivity contribution in [3.63, 3.8) is 0 Å². The van der Waals surface area contributed by atoms with Crippen molar-refractivity contribution in [2.24, 2.45) is 5.73 Å². The Morgan fingerprint density at radius 2 is 1.63 bits per heavy atom. The van der Waals surface area contributed by atoms with Crippen molar-refractivity contribution >= 4 is 11.6 Å². The lowest BCUT2D eigenvalue weighted by Gasteiger charge is -2.16. The highest BCUT2D eigenvalue weighted by Crippen LogP contribution is 2.39. The lowest BCUT2D eigenvalue weighted by Crippen LogP contribution is -2.37. The molecule has 0 spiro atoms. The summed E-state index contributed by atoms with van der Waals surface area (Å²) in [7, 11) is 4.73. The molecule has 1 heterocycles. The number of hydrogen-bond acceptors (Lipinski definition) is 8. The van der Waals surface area contributed by atoms with Crippen LogP contribution in [0, 0.1) is 0 Å². The van der Waals surface area contributed by atoms with E-state index in [1.165, 1.54) is 7.11 Å². The number of anilines is 1. The smallest absolute Gasteiger partial charge is 0.241 e. The number of rotatable bonds is 10. The van der Waals surface area contributed by atoms with E-state index in [-0.39, 0.29) is 11.7 Å². The highest BCUT2D eigenvalue weighted by Gasteiger charge is 2.21. The van der Waals surface area contributed by atoms with Crippen LogP contribution in [0.15, 0.2) is 54.6 Å². The zero-order valence-electron chi connectivity index (χ0n) is 21.7. The first kappa shape index (κ1) is 26.5. The maximum absolute atomic E-state index is 12.9. The number of aromatic amines is 1. The van der Waals surface area contributed by atoms with E-state index in [9.17, 15) is 9.90 Å². The third kappa shape index (κ3) is 5.55. The number of phenols is 1. The molecule has 1 aromatic heterocycles. The number of carbonyl (C=O) groups excluding carboxylic acids is 1. The molecule has 10 heteroatoms. The summed E-state index contributed by atoms with van der Waals surface area (Å²) in [4.78, 5) is 12.9. The van der Waals surface area contributed by atoms with Crippen LogP contribution in [0.3, 0.4) is 0 Å². The number of phenolic OH excluding ortho intramolecular Hbond substituents is 1. The van der Waals surface area contributed by atoms with E-state index in [1.54, 1.807) is 50.6 Å². The second kappa shape index (κ2) is 11.7. The van der Waals surface area contributed by atoms with Gasteiger partial charge in [0, 0.05) is 11.1 Å². The summed E-state index contributed by atoms with van der Waals surface area (Å²) in [5.41, 5.74) is 11.2. The first-order valence-corrected chi connectivity index (χ1v) is 12.1. The molecular weight excluding hydrogens is 486 g/mol. The van der Waals surface area contributed by atoms with Gasteiger partial charge in [0.2, 0.25) is 5.91 Å². The molecule has 198 valence electrons. The molecule has 1 amide bonds. The number of aryl methyl sites for hydroxylation is 1. The topological polar surface area (TPSA) is 145 Å². The fourth-order valence-electron chi connectivity index (χ4n) is 4.23. The van der Waals surface area contributed by atoms with Gasteiger partial charge in [-0.3, -0.25) is 4.79 Å². The molecule has 4 aromatic rings. The molecule has 0 aliphatic heterocycles. The molecule has 0 aliphatic carbocycles. The van der Waals surface area contributed by atoms with Crippen LogP contribution in [0.5, 0.6) is 23.0 Å². The van der Waals surface area contributed by atoms with Gasteiger partial charge in [-0.25, -0.2) is 0 Å². The Balaban J connectivity index is 1.64. The van der Waals surface area contributed by atoms with E-state index in [1.807, 2.05) is 25.1 Å². The molecule has 38 heavy (non-hydrogen) atoms. The molecule has 0 bridgehead atoms. The van der Waals surface area contributed by atoms with Crippen LogP contribution in [0.4, 0.5) is 5.69 Å². The molecule has 0 radical (unpaired) electrons. The number of aromatic nitrogens is 3. The van der Waals surface area contributed by atoms with Gasteiger partial charge in [0.15, 0.2) is 11.5 Å². The second-order valence-corrected chi connectivity index (χ2v) is 8.63. The maximum Gasteiger partial charge on any atom is 0.241 e. The molecule has 1 unspecified atom stereocenters. The zero-order valence-corrected chi connectivity index (χ0v) is 21.7. The third-order valence-electron chi connectivity index (χ3n) is 6.22. The number of methoxy groups -OCH3 is 3. The van der Waals surface area contributed by atoms with Crippen LogP contribution in [-0.4, -0.2) is 53.8 Å². The van der Waals surface area contributed by atoms with Gasteiger partial charge in [-0.2, -0.15) is 15.4 Å². The number of carbonyl (C=O) groups is 1. The van der Waals surface area contributed by atoms with Crippen molar-refractivity contribution in [2.45, 2.75) is 25.8 Å². The minimum absolute atomic E-state index is 0.152. The third-order valence-corrected chi connectivity index (χ3v) is 6.22. The fraction of sp³-hybridized carbons (Fsp3) is 0.250. The number of aromatic hydroxyl groups is 1. The van der Waals surface area contributed by atoms with E-state index >= 15 is 0 Å². The normalized spacial score (nSPS) is 11.6. The van der Waals surface area contributed by atoms with Gasteiger partial charge < -0.3 is 30.4 Å². The van der Waals surface area contributed by atoms with Crippen molar-refractivity contribution in [3.05, 3.63) is 65.7 Å². The van der Waals surface area contributed by atoms with Crippen LogP contribution >= 0.6 is 0 Å². The second-order valence-electron chi connectivity index (χ2n) is 8.63. The van der Waals surface area contributed by atoms with E-state index < -0.39 is 6.04 Å². The van der Waals surface area contributed by atoms with Gasteiger partial charge in [0.1, 0.15) is 22.9 Å². The molecule has 5 N–H and O–H groups in total. The average Bonchev–Trinajstić information content (AvgIpc) is 3.43. The average molecular weight is 518 g/mol. The predicted octanol–water partition coefficient (Wildman–Crippen LogP) is 3.94. The number of ether oxygens (including phenoxy) is 3. The fourth-order valence-corrected chi connectivity index (χ4v) is 4.23. The van der Waals surface area contributed by atoms with Gasteiger partial charge in [-0.05, 0) is 66.4 Å². The summed E-state index contributed by atoms with van der Waals surface area (Å²) in [6.07, 6.45) is 1.05. The minimum atomic E-state index is -0.810. The van der Waals surface area contributed by atoms with Crippen LogP contribution in [0.1, 0.15) is 18.1 Å². The Hall–Kier alpha value is -4.57. The molecule has 3 aromatic carbocycles. The predicted molar refractivity (Wildman–Crippen MR) is 145 cm³/mol. The number of hydrogen-bond donors (Lipinski definition) is 4. The Morgan fingerprint density at radius 1 is 0.947 bits per heavy atom. The van der Waals surface area contributed by atoms with Gasteiger partial charge in [-0.15, -0.1) is 0 Å². The Kier molecular flexibility index (Phi) is 8.12. The number of H-pyrrole nitrogens is 1. The van der Waals surface area contributed by atoms with Crippen LogP contribution < -0.4 is 25.3 Å². The Bertz CT molecular complexity index is 1390.